The normalized spacial score (nSPS) is 9.31. The van der Waals surface area contributed by atoms with Crippen molar-refractivity contribution in [1.29, 1.82) is 0 Å². The number of rotatable bonds is 8. The number of ether oxygens (including phenoxy) is 4. The van der Waals surface area contributed by atoms with Gasteiger partial charge in [-0.15, -0.1) is 0 Å². The number of hydrogen-bond acceptors (Lipinski definition) is 6. The zero-order valence-corrected chi connectivity index (χ0v) is 16.8. The van der Waals surface area contributed by atoms with E-state index < -0.39 is 0 Å². The maximum Gasteiger partial charge on any atom is 0.216 e. The van der Waals surface area contributed by atoms with E-state index in [2.05, 4.69) is 9.97 Å². The fraction of sp³-hybridized carbons (Fsp3) is 0.500. The van der Waals surface area contributed by atoms with Crippen molar-refractivity contribution in [2.45, 2.75) is 27.7 Å². The van der Waals surface area contributed by atoms with Crippen molar-refractivity contribution >= 4 is 0 Å². The summed E-state index contributed by atoms with van der Waals surface area (Å²) in [6.07, 6.45) is 3.50. The molecule has 0 saturated heterocycles. The Morgan fingerprint density at radius 2 is 1.46 bits per heavy atom. The first-order chi connectivity index (χ1) is 12.7. The van der Waals surface area contributed by atoms with Crippen LogP contribution in [0, 0.1) is 13.8 Å². The fourth-order valence-electron chi connectivity index (χ4n) is 1.61. The standard InChI is InChI=1S/2C9H13NO2.C2H6/c1-8-3-4-9(10-7-8)12-6-5-11-2;1-8-4-3-5-10-9(8)12-7-6-11-2;1-2/h3-4,7H,5-6H2,1-2H3;3-5H,6-7H2,1-2H3;1-2H3. The second-order valence-electron chi connectivity index (χ2n) is 4.98. The lowest BCUT2D eigenvalue weighted by Crippen LogP contribution is -2.06. The first-order valence-electron chi connectivity index (χ1n) is 8.75. The van der Waals surface area contributed by atoms with E-state index in [9.17, 15) is 0 Å². The van der Waals surface area contributed by atoms with Crippen LogP contribution in [0.2, 0.25) is 0 Å². The van der Waals surface area contributed by atoms with E-state index in [1.54, 1.807) is 26.6 Å². The third-order valence-electron chi connectivity index (χ3n) is 2.91. The summed E-state index contributed by atoms with van der Waals surface area (Å²) in [4.78, 5) is 8.14. The second-order valence-corrected chi connectivity index (χ2v) is 4.98. The average molecular weight is 364 g/mol. The van der Waals surface area contributed by atoms with Gasteiger partial charge in [0.05, 0.1) is 13.2 Å². The molecular formula is C20H32N2O4. The lowest BCUT2D eigenvalue weighted by atomic mass is 10.3. The molecule has 0 N–H and O–H groups in total. The molecule has 0 aromatic carbocycles. The highest BCUT2D eigenvalue weighted by Crippen LogP contribution is 2.11. The third-order valence-corrected chi connectivity index (χ3v) is 2.91. The van der Waals surface area contributed by atoms with Gasteiger partial charge in [0.1, 0.15) is 13.2 Å². The minimum absolute atomic E-state index is 0.548. The van der Waals surface area contributed by atoms with Crippen molar-refractivity contribution in [3.8, 4) is 11.8 Å². The summed E-state index contributed by atoms with van der Waals surface area (Å²) in [5.41, 5.74) is 2.18. The maximum atomic E-state index is 5.34. The van der Waals surface area contributed by atoms with Gasteiger partial charge in [0.2, 0.25) is 11.8 Å². The molecule has 2 aromatic rings. The topological polar surface area (TPSA) is 62.7 Å². The molecule has 6 nitrogen and oxygen atoms in total. The van der Waals surface area contributed by atoms with Crippen molar-refractivity contribution in [3.05, 3.63) is 47.8 Å². The van der Waals surface area contributed by atoms with Crippen molar-refractivity contribution < 1.29 is 18.9 Å². The second kappa shape index (κ2) is 16.3. The van der Waals surface area contributed by atoms with Gasteiger partial charge in [0.15, 0.2) is 0 Å². The molecule has 0 bridgehead atoms. The van der Waals surface area contributed by atoms with E-state index >= 15 is 0 Å². The highest BCUT2D eigenvalue weighted by Gasteiger charge is 1.97. The zero-order chi connectivity index (χ0) is 19.6. The summed E-state index contributed by atoms with van der Waals surface area (Å²) in [6.45, 7) is 10.2. The maximum absolute atomic E-state index is 5.34. The predicted molar refractivity (Wildman–Crippen MR) is 104 cm³/mol. The molecule has 0 unspecified atom stereocenters. The van der Waals surface area contributed by atoms with Gasteiger partial charge in [-0.25, -0.2) is 9.97 Å². The van der Waals surface area contributed by atoms with Crippen LogP contribution >= 0.6 is 0 Å². The van der Waals surface area contributed by atoms with Crippen LogP contribution in [0.5, 0.6) is 11.8 Å². The van der Waals surface area contributed by atoms with Crippen molar-refractivity contribution in [1.82, 2.24) is 9.97 Å². The van der Waals surface area contributed by atoms with Crippen molar-refractivity contribution in [2.24, 2.45) is 0 Å². The predicted octanol–water partition coefficient (Wildman–Crippen LogP) is 3.86. The Bertz CT molecular complexity index is 562. The van der Waals surface area contributed by atoms with Crippen molar-refractivity contribution in [2.75, 3.05) is 40.6 Å². The Labute approximate surface area is 157 Å². The molecule has 0 atom stereocenters. The number of aromatic nitrogens is 2. The molecule has 0 radical (unpaired) electrons. The van der Waals surface area contributed by atoms with Crippen LogP contribution < -0.4 is 9.47 Å². The molecule has 0 fully saturated rings. The Hall–Kier alpha value is -2.18. The average Bonchev–Trinajstić information content (AvgIpc) is 2.67. The van der Waals surface area contributed by atoms with Crippen LogP contribution in [0.15, 0.2) is 36.7 Å². The highest BCUT2D eigenvalue weighted by molar-refractivity contribution is 5.23. The smallest absolute Gasteiger partial charge is 0.216 e. The molecule has 0 spiro atoms. The van der Waals surface area contributed by atoms with E-state index in [0.717, 1.165) is 11.1 Å². The van der Waals surface area contributed by atoms with Gasteiger partial charge in [-0.3, -0.25) is 0 Å². The first-order valence-corrected chi connectivity index (χ1v) is 8.75. The Morgan fingerprint density at radius 1 is 0.808 bits per heavy atom. The van der Waals surface area contributed by atoms with Crippen molar-refractivity contribution in [3.63, 3.8) is 0 Å². The van der Waals surface area contributed by atoms with E-state index in [0.29, 0.717) is 38.2 Å². The van der Waals surface area contributed by atoms with Crippen LogP contribution in [0.1, 0.15) is 25.0 Å². The molecule has 2 rings (SSSR count). The summed E-state index contributed by atoms with van der Waals surface area (Å²) < 4.78 is 20.3. The van der Waals surface area contributed by atoms with Gasteiger partial charge >= 0.3 is 0 Å². The summed E-state index contributed by atoms with van der Waals surface area (Å²) in [5, 5.41) is 0. The first kappa shape index (κ1) is 23.8. The van der Waals surface area contributed by atoms with E-state index in [1.165, 1.54) is 0 Å². The lowest BCUT2D eigenvalue weighted by Gasteiger charge is -2.05. The number of aryl methyl sites for hydroxylation is 2. The van der Waals surface area contributed by atoms with E-state index in [-0.39, 0.29) is 0 Å². The monoisotopic (exact) mass is 364 g/mol. The number of hydrogen-bond donors (Lipinski definition) is 0. The number of pyridine rings is 2. The van der Waals surface area contributed by atoms with Gasteiger partial charge in [0, 0.05) is 38.2 Å². The van der Waals surface area contributed by atoms with Gasteiger partial charge in [-0.2, -0.15) is 0 Å². The highest BCUT2D eigenvalue weighted by atomic mass is 16.5. The Morgan fingerprint density at radius 3 is 2.00 bits per heavy atom. The third kappa shape index (κ3) is 11.4. The van der Waals surface area contributed by atoms with E-state index in [1.807, 2.05) is 52.0 Å². The van der Waals surface area contributed by atoms with Gasteiger partial charge in [-0.05, 0) is 25.5 Å². The summed E-state index contributed by atoms with van der Waals surface area (Å²) in [6, 6.07) is 7.67. The van der Waals surface area contributed by atoms with Gasteiger partial charge < -0.3 is 18.9 Å². The van der Waals surface area contributed by atoms with Crippen LogP contribution in [-0.2, 0) is 9.47 Å². The summed E-state index contributed by atoms with van der Waals surface area (Å²) in [7, 11) is 3.29. The molecule has 0 saturated carbocycles. The molecule has 26 heavy (non-hydrogen) atoms. The minimum atomic E-state index is 0.548. The van der Waals surface area contributed by atoms with Crippen LogP contribution in [0.4, 0.5) is 0 Å². The molecule has 0 aliphatic rings. The van der Waals surface area contributed by atoms with Crippen LogP contribution in [-0.4, -0.2) is 50.6 Å². The molecule has 2 aromatic heterocycles. The largest absolute Gasteiger partial charge is 0.475 e. The summed E-state index contributed by atoms with van der Waals surface area (Å²) in [5.74, 6) is 1.34. The fourth-order valence-corrected chi connectivity index (χ4v) is 1.61. The molecule has 0 aliphatic heterocycles. The molecule has 6 heteroatoms. The number of methoxy groups -OCH3 is 2. The van der Waals surface area contributed by atoms with Gasteiger partial charge in [-0.1, -0.05) is 26.0 Å². The molecular weight excluding hydrogens is 332 g/mol. The Kier molecular flexibility index (Phi) is 14.9. The summed E-state index contributed by atoms with van der Waals surface area (Å²) >= 11 is 0. The molecule has 0 aliphatic carbocycles. The number of nitrogens with zero attached hydrogens (tertiary/aromatic N) is 2. The quantitative estimate of drug-likeness (QED) is 0.663. The SMILES string of the molecule is CC.COCCOc1ccc(C)cn1.COCCOc1ncccc1C. The Balaban J connectivity index is 0.000000439. The van der Waals surface area contributed by atoms with Crippen LogP contribution in [0.3, 0.4) is 0 Å². The molecule has 2 heterocycles. The molecule has 146 valence electrons. The van der Waals surface area contributed by atoms with E-state index in [4.69, 9.17) is 18.9 Å². The van der Waals surface area contributed by atoms with Gasteiger partial charge in [0.25, 0.3) is 0 Å². The lowest BCUT2D eigenvalue weighted by molar-refractivity contribution is 0.143. The molecule has 0 amide bonds. The van der Waals surface area contributed by atoms with Crippen LogP contribution in [0.25, 0.3) is 0 Å². The zero-order valence-electron chi connectivity index (χ0n) is 16.8. The minimum Gasteiger partial charge on any atom is -0.475 e.